The molecule has 0 aliphatic carbocycles. The monoisotopic (exact) mass is 425 g/mol. The van der Waals surface area contributed by atoms with Gasteiger partial charge in [0.1, 0.15) is 11.6 Å². The van der Waals surface area contributed by atoms with Crippen molar-refractivity contribution in [1.82, 2.24) is 19.8 Å². The van der Waals surface area contributed by atoms with Gasteiger partial charge in [-0.2, -0.15) is 0 Å². The average Bonchev–Trinajstić information content (AvgIpc) is 3.33. The number of aromatic nitrogens is 2. The smallest absolute Gasteiger partial charge is 0.289 e. The minimum Gasteiger partial charge on any atom is -0.459 e. The third-order valence-corrected chi connectivity index (χ3v) is 6.15. The van der Waals surface area contributed by atoms with Crippen LogP contribution in [0.4, 0.5) is 5.82 Å². The number of piperazine rings is 1. The molecular formula is C23H31N5O3. The first-order valence-corrected chi connectivity index (χ1v) is 11.1. The van der Waals surface area contributed by atoms with Crippen molar-refractivity contribution in [2.24, 2.45) is 5.92 Å². The second-order valence-corrected chi connectivity index (χ2v) is 8.74. The summed E-state index contributed by atoms with van der Waals surface area (Å²) in [5.41, 5.74) is 0.975. The van der Waals surface area contributed by atoms with Crippen molar-refractivity contribution in [2.75, 3.05) is 44.2 Å². The lowest BCUT2D eigenvalue weighted by molar-refractivity contribution is -0.137. The van der Waals surface area contributed by atoms with Crippen LogP contribution in [0, 0.1) is 12.8 Å². The van der Waals surface area contributed by atoms with Crippen molar-refractivity contribution in [2.45, 2.75) is 39.5 Å². The van der Waals surface area contributed by atoms with Gasteiger partial charge in [-0.1, -0.05) is 13.8 Å². The molecule has 2 fully saturated rings. The lowest BCUT2D eigenvalue weighted by atomic mass is 9.94. The lowest BCUT2D eigenvalue weighted by Gasteiger charge is -2.39. The second-order valence-electron chi connectivity index (χ2n) is 8.74. The quantitative estimate of drug-likeness (QED) is 0.749. The predicted octanol–water partition coefficient (Wildman–Crippen LogP) is 2.70. The van der Waals surface area contributed by atoms with E-state index in [1.54, 1.807) is 17.0 Å². The number of piperidine rings is 1. The van der Waals surface area contributed by atoms with E-state index >= 15 is 0 Å². The van der Waals surface area contributed by atoms with E-state index in [1.165, 1.54) is 6.26 Å². The number of rotatable bonds is 4. The van der Waals surface area contributed by atoms with Crippen LogP contribution in [-0.2, 0) is 4.79 Å². The van der Waals surface area contributed by atoms with Gasteiger partial charge in [-0.25, -0.2) is 9.97 Å². The van der Waals surface area contributed by atoms with Gasteiger partial charge in [0.25, 0.3) is 5.91 Å². The summed E-state index contributed by atoms with van der Waals surface area (Å²) >= 11 is 0. The maximum Gasteiger partial charge on any atom is 0.289 e. The summed E-state index contributed by atoms with van der Waals surface area (Å²) in [5, 5.41) is 0. The van der Waals surface area contributed by atoms with Crippen LogP contribution in [0.3, 0.4) is 0 Å². The maximum absolute atomic E-state index is 13.1. The Balaban J connectivity index is 1.30. The zero-order chi connectivity index (χ0) is 22.0. The van der Waals surface area contributed by atoms with Crippen LogP contribution in [0.2, 0.25) is 0 Å². The van der Waals surface area contributed by atoms with Gasteiger partial charge in [0.05, 0.1) is 6.26 Å². The van der Waals surface area contributed by atoms with Gasteiger partial charge in [-0.3, -0.25) is 9.59 Å². The molecule has 8 nitrogen and oxygen atoms in total. The molecule has 2 amide bonds. The third-order valence-electron chi connectivity index (χ3n) is 6.15. The second kappa shape index (κ2) is 9.08. The van der Waals surface area contributed by atoms with Crippen molar-refractivity contribution < 1.29 is 14.0 Å². The van der Waals surface area contributed by atoms with E-state index in [-0.39, 0.29) is 23.7 Å². The third kappa shape index (κ3) is 4.73. The molecule has 4 heterocycles. The highest BCUT2D eigenvalue weighted by atomic mass is 16.3. The molecule has 0 atom stereocenters. The summed E-state index contributed by atoms with van der Waals surface area (Å²) in [4.78, 5) is 40.7. The molecule has 2 saturated heterocycles. The van der Waals surface area contributed by atoms with Crippen molar-refractivity contribution in [3.05, 3.63) is 41.7 Å². The Morgan fingerprint density at radius 2 is 1.74 bits per heavy atom. The lowest BCUT2D eigenvalue weighted by Crippen LogP contribution is -2.52. The van der Waals surface area contributed by atoms with E-state index in [4.69, 9.17) is 9.40 Å². The molecule has 2 aromatic rings. The first kappa shape index (κ1) is 21.3. The minimum atomic E-state index is -0.0922. The summed E-state index contributed by atoms with van der Waals surface area (Å²) in [6.45, 7) is 10.3. The minimum absolute atomic E-state index is 0.0129. The summed E-state index contributed by atoms with van der Waals surface area (Å²) in [6, 6.07) is 5.42. The molecule has 0 saturated carbocycles. The summed E-state index contributed by atoms with van der Waals surface area (Å²) < 4.78 is 5.21. The maximum atomic E-state index is 13.1. The van der Waals surface area contributed by atoms with Crippen LogP contribution in [0.1, 0.15) is 54.7 Å². The Labute approximate surface area is 183 Å². The van der Waals surface area contributed by atoms with Crippen molar-refractivity contribution >= 4 is 17.6 Å². The number of furan rings is 1. The molecule has 0 aromatic carbocycles. The molecule has 0 spiro atoms. The molecule has 0 radical (unpaired) electrons. The van der Waals surface area contributed by atoms with Gasteiger partial charge >= 0.3 is 0 Å². The molecule has 8 heteroatoms. The van der Waals surface area contributed by atoms with E-state index in [2.05, 4.69) is 23.7 Å². The number of hydrogen-bond acceptors (Lipinski definition) is 6. The largest absolute Gasteiger partial charge is 0.459 e. The van der Waals surface area contributed by atoms with Crippen LogP contribution in [0.15, 0.2) is 28.9 Å². The van der Waals surface area contributed by atoms with Crippen molar-refractivity contribution in [3.63, 3.8) is 0 Å². The number of nitrogens with zero attached hydrogens (tertiary/aromatic N) is 5. The Morgan fingerprint density at radius 3 is 2.35 bits per heavy atom. The fraction of sp³-hybridized carbons (Fsp3) is 0.565. The first-order valence-electron chi connectivity index (χ1n) is 11.1. The standard InChI is InChI=1S/C23H31N5O3/c1-16(2)21-24-17(3)15-20(25-21)26-10-12-28(13-11-26)22(29)18-6-8-27(9-7-18)23(30)19-5-4-14-31-19/h4-5,14-16,18H,6-13H2,1-3H3. The molecule has 2 aliphatic heterocycles. The zero-order valence-corrected chi connectivity index (χ0v) is 18.6. The van der Waals surface area contributed by atoms with Crippen LogP contribution in [0.25, 0.3) is 0 Å². The Hall–Kier alpha value is -2.90. The van der Waals surface area contributed by atoms with E-state index < -0.39 is 0 Å². The molecule has 31 heavy (non-hydrogen) atoms. The molecule has 2 aromatic heterocycles. The Morgan fingerprint density at radius 1 is 1.03 bits per heavy atom. The van der Waals surface area contributed by atoms with Crippen LogP contribution in [-0.4, -0.2) is 70.9 Å². The highest BCUT2D eigenvalue weighted by molar-refractivity contribution is 5.91. The molecule has 4 rings (SSSR count). The number of anilines is 1. The first-order chi connectivity index (χ1) is 14.9. The number of amides is 2. The van der Waals surface area contributed by atoms with Crippen molar-refractivity contribution in [1.29, 1.82) is 0 Å². The SMILES string of the molecule is Cc1cc(N2CCN(C(=O)C3CCN(C(=O)c4ccco4)CC3)CC2)nc(C(C)C)n1. The summed E-state index contributed by atoms with van der Waals surface area (Å²) in [7, 11) is 0. The summed E-state index contributed by atoms with van der Waals surface area (Å²) in [5.74, 6) is 2.57. The fourth-order valence-corrected chi connectivity index (χ4v) is 4.29. The molecule has 166 valence electrons. The predicted molar refractivity (Wildman–Crippen MR) is 117 cm³/mol. The number of carbonyl (C=O) groups is 2. The van der Waals surface area contributed by atoms with Gasteiger partial charge in [0.2, 0.25) is 5.91 Å². The van der Waals surface area contributed by atoms with Gasteiger partial charge in [-0.15, -0.1) is 0 Å². The molecular weight excluding hydrogens is 394 g/mol. The van der Waals surface area contributed by atoms with E-state index in [0.29, 0.717) is 44.8 Å². The number of carbonyl (C=O) groups excluding carboxylic acids is 2. The van der Waals surface area contributed by atoms with Crippen molar-refractivity contribution in [3.8, 4) is 0 Å². The molecule has 0 bridgehead atoms. The van der Waals surface area contributed by atoms with Gasteiger partial charge in [0, 0.05) is 62.9 Å². The van der Waals surface area contributed by atoms with Crippen LogP contribution < -0.4 is 4.90 Å². The van der Waals surface area contributed by atoms with E-state index in [0.717, 1.165) is 30.4 Å². The van der Waals surface area contributed by atoms with Crippen LogP contribution in [0.5, 0.6) is 0 Å². The normalized spacial score (nSPS) is 18.0. The highest BCUT2D eigenvalue weighted by Gasteiger charge is 2.32. The van der Waals surface area contributed by atoms with Gasteiger partial charge in [-0.05, 0) is 31.9 Å². The Bertz CT molecular complexity index is 911. The number of hydrogen-bond donors (Lipinski definition) is 0. The highest BCUT2D eigenvalue weighted by Crippen LogP contribution is 2.23. The number of likely N-dealkylation sites (tertiary alicyclic amines) is 1. The average molecular weight is 426 g/mol. The zero-order valence-electron chi connectivity index (χ0n) is 18.6. The van der Waals surface area contributed by atoms with E-state index in [1.807, 2.05) is 17.9 Å². The van der Waals surface area contributed by atoms with Crippen LogP contribution >= 0.6 is 0 Å². The molecule has 0 unspecified atom stereocenters. The molecule has 2 aliphatic rings. The number of aryl methyl sites for hydroxylation is 1. The topological polar surface area (TPSA) is 82.8 Å². The summed E-state index contributed by atoms with van der Waals surface area (Å²) in [6.07, 6.45) is 2.91. The van der Waals surface area contributed by atoms with Gasteiger partial charge < -0.3 is 19.1 Å². The Kier molecular flexibility index (Phi) is 6.25. The van der Waals surface area contributed by atoms with E-state index in [9.17, 15) is 9.59 Å². The molecule has 0 N–H and O–H groups in total. The van der Waals surface area contributed by atoms with Gasteiger partial charge in [0.15, 0.2) is 5.76 Å². The fourth-order valence-electron chi connectivity index (χ4n) is 4.29.